The molecule has 1 aromatic heterocycles. The van der Waals surface area contributed by atoms with Crippen molar-refractivity contribution in [3.05, 3.63) is 59.4 Å². The molecule has 1 atom stereocenters. The van der Waals surface area contributed by atoms with E-state index in [1.165, 1.54) is 14.2 Å². The van der Waals surface area contributed by atoms with Gasteiger partial charge in [0.1, 0.15) is 28.9 Å². The Morgan fingerprint density at radius 3 is 2.27 bits per heavy atom. The molecule has 0 spiro atoms. The van der Waals surface area contributed by atoms with Gasteiger partial charge >= 0.3 is 0 Å². The van der Waals surface area contributed by atoms with Gasteiger partial charge in [-0.2, -0.15) is 0 Å². The molecule has 0 bridgehead atoms. The van der Waals surface area contributed by atoms with Gasteiger partial charge in [-0.15, -0.1) is 0 Å². The van der Waals surface area contributed by atoms with Gasteiger partial charge in [0.25, 0.3) is 11.7 Å². The van der Waals surface area contributed by atoms with Crippen LogP contribution in [0, 0.1) is 0 Å². The molecule has 30 heavy (non-hydrogen) atoms. The molecule has 2 aromatic rings. The molecule has 1 unspecified atom stereocenters. The molecule has 1 aromatic carbocycles. The maximum absolute atomic E-state index is 13.2. The standard InChI is InChI=1S/C23H24N2O5/c1-29-16-11-7-12-17(30-2)18(16)21(26)19-20(15-10-5-6-13-24-15)25(23(28)22(19)27)14-8-3-4-9-14/h5-7,10-14,20,26H,3-4,8-9H2,1-2H3/b21-19+. The minimum Gasteiger partial charge on any atom is -0.506 e. The summed E-state index contributed by atoms with van der Waals surface area (Å²) in [6, 6.07) is 9.59. The highest BCUT2D eigenvalue weighted by Crippen LogP contribution is 2.45. The Morgan fingerprint density at radius 1 is 1.03 bits per heavy atom. The van der Waals surface area contributed by atoms with Crippen molar-refractivity contribution in [3.63, 3.8) is 0 Å². The van der Waals surface area contributed by atoms with Gasteiger partial charge < -0.3 is 19.5 Å². The molecule has 1 saturated carbocycles. The maximum Gasteiger partial charge on any atom is 0.295 e. The largest absolute Gasteiger partial charge is 0.506 e. The second kappa shape index (κ2) is 8.18. The van der Waals surface area contributed by atoms with Crippen LogP contribution in [0.3, 0.4) is 0 Å². The topological polar surface area (TPSA) is 89.0 Å². The number of Topliss-reactive ketones (excluding diaryl/α,β-unsaturated/α-hetero) is 1. The third-order valence-corrected chi connectivity index (χ3v) is 5.83. The predicted molar refractivity (Wildman–Crippen MR) is 110 cm³/mol. The molecule has 156 valence electrons. The summed E-state index contributed by atoms with van der Waals surface area (Å²) >= 11 is 0. The number of aliphatic hydroxyl groups is 1. The van der Waals surface area contributed by atoms with Gasteiger partial charge in [-0.25, -0.2) is 0 Å². The predicted octanol–water partition coefficient (Wildman–Crippen LogP) is 3.46. The highest BCUT2D eigenvalue weighted by atomic mass is 16.5. The van der Waals surface area contributed by atoms with Gasteiger partial charge in [-0.1, -0.05) is 25.0 Å². The van der Waals surface area contributed by atoms with Crippen LogP contribution in [0.25, 0.3) is 5.76 Å². The minimum atomic E-state index is -0.760. The molecule has 2 heterocycles. The number of ketones is 1. The number of amides is 1. The second-order valence-corrected chi connectivity index (χ2v) is 7.44. The van der Waals surface area contributed by atoms with Crippen molar-refractivity contribution in [2.24, 2.45) is 0 Å². The fourth-order valence-corrected chi connectivity index (χ4v) is 4.46. The number of carbonyl (C=O) groups excluding carboxylic acids is 2. The number of methoxy groups -OCH3 is 2. The van der Waals surface area contributed by atoms with Crippen LogP contribution in [-0.4, -0.2) is 46.9 Å². The smallest absolute Gasteiger partial charge is 0.295 e. The quantitative estimate of drug-likeness (QED) is 0.463. The lowest BCUT2D eigenvalue weighted by atomic mass is 9.97. The Hall–Kier alpha value is -3.35. The molecule has 1 N–H and O–H groups in total. The summed E-state index contributed by atoms with van der Waals surface area (Å²) in [6.45, 7) is 0. The maximum atomic E-state index is 13.2. The third kappa shape index (κ3) is 3.20. The Balaban J connectivity index is 1.95. The number of rotatable bonds is 5. The zero-order chi connectivity index (χ0) is 21.3. The number of carbonyl (C=O) groups is 2. The minimum absolute atomic E-state index is 0.00778. The van der Waals surface area contributed by atoms with E-state index in [0.717, 1.165) is 25.7 Å². The lowest BCUT2D eigenvalue weighted by Crippen LogP contribution is -2.37. The zero-order valence-corrected chi connectivity index (χ0v) is 17.0. The Labute approximate surface area is 174 Å². The van der Waals surface area contributed by atoms with Crippen molar-refractivity contribution >= 4 is 17.4 Å². The van der Waals surface area contributed by atoms with Crippen LogP contribution in [0.1, 0.15) is 43.0 Å². The van der Waals surface area contributed by atoms with Crippen LogP contribution in [-0.2, 0) is 9.59 Å². The lowest BCUT2D eigenvalue weighted by Gasteiger charge is -2.30. The summed E-state index contributed by atoms with van der Waals surface area (Å²) in [5.74, 6) is -0.952. The van der Waals surface area contributed by atoms with E-state index in [1.54, 1.807) is 47.5 Å². The number of benzene rings is 1. The number of aromatic nitrogens is 1. The van der Waals surface area contributed by atoms with Crippen LogP contribution >= 0.6 is 0 Å². The van der Waals surface area contributed by atoms with E-state index in [2.05, 4.69) is 4.98 Å². The van der Waals surface area contributed by atoms with Gasteiger partial charge in [0.05, 0.1) is 25.5 Å². The SMILES string of the molecule is COc1cccc(OC)c1/C(O)=C1\C(=O)C(=O)N(C2CCCC2)C1c1ccccn1. The van der Waals surface area contributed by atoms with Gasteiger partial charge in [0.2, 0.25) is 0 Å². The first-order valence-corrected chi connectivity index (χ1v) is 10.0. The molecule has 7 heteroatoms. The number of hydrogen-bond acceptors (Lipinski definition) is 6. The van der Waals surface area contributed by atoms with E-state index >= 15 is 0 Å². The summed E-state index contributed by atoms with van der Waals surface area (Å²) < 4.78 is 10.8. The first kappa shape index (κ1) is 19.9. The van der Waals surface area contributed by atoms with E-state index in [0.29, 0.717) is 17.2 Å². The molecule has 2 fully saturated rings. The Bertz CT molecular complexity index is 974. The first-order chi connectivity index (χ1) is 14.6. The van der Waals surface area contributed by atoms with Crippen LogP contribution in [0.4, 0.5) is 0 Å². The van der Waals surface area contributed by atoms with Crippen LogP contribution in [0.2, 0.25) is 0 Å². The second-order valence-electron chi connectivity index (χ2n) is 7.44. The normalized spacial score (nSPS) is 21.3. The van der Waals surface area contributed by atoms with Crippen molar-refractivity contribution in [1.29, 1.82) is 0 Å². The Kier molecular flexibility index (Phi) is 5.44. The van der Waals surface area contributed by atoms with E-state index in [1.807, 2.05) is 0 Å². The number of ether oxygens (including phenoxy) is 2. The number of pyridine rings is 1. The van der Waals surface area contributed by atoms with Crippen LogP contribution < -0.4 is 9.47 Å². The lowest BCUT2D eigenvalue weighted by molar-refractivity contribution is -0.141. The molecular formula is C23H24N2O5. The molecule has 0 radical (unpaired) electrons. The number of likely N-dealkylation sites (tertiary alicyclic amines) is 1. The molecule has 4 rings (SSSR count). The third-order valence-electron chi connectivity index (χ3n) is 5.83. The molecule has 2 aliphatic rings. The zero-order valence-electron chi connectivity index (χ0n) is 17.0. The molecule has 1 aliphatic carbocycles. The molecule has 1 amide bonds. The van der Waals surface area contributed by atoms with E-state index < -0.39 is 17.7 Å². The van der Waals surface area contributed by atoms with Crippen LogP contribution in [0.15, 0.2) is 48.2 Å². The summed E-state index contributed by atoms with van der Waals surface area (Å²) in [5.41, 5.74) is 0.792. The summed E-state index contributed by atoms with van der Waals surface area (Å²) in [7, 11) is 2.94. The Morgan fingerprint density at radius 2 is 1.70 bits per heavy atom. The first-order valence-electron chi connectivity index (χ1n) is 10.0. The van der Waals surface area contributed by atoms with Crippen molar-refractivity contribution < 1.29 is 24.2 Å². The van der Waals surface area contributed by atoms with Gasteiger partial charge in [0, 0.05) is 12.2 Å². The average Bonchev–Trinajstić information content (AvgIpc) is 3.40. The summed E-state index contributed by atoms with van der Waals surface area (Å²) in [5, 5.41) is 11.3. The molecule has 7 nitrogen and oxygen atoms in total. The van der Waals surface area contributed by atoms with Crippen molar-refractivity contribution in [2.75, 3.05) is 14.2 Å². The average molecular weight is 408 g/mol. The van der Waals surface area contributed by atoms with Gasteiger partial charge in [0.15, 0.2) is 0 Å². The van der Waals surface area contributed by atoms with Crippen LogP contribution in [0.5, 0.6) is 11.5 Å². The number of nitrogens with zero attached hydrogens (tertiary/aromatic N) is 2. The highest BCUT2D eigenvalue weighted by molar-refractivity contribution is 6.46. The fourth-order valence-electron chi connectivity index (χ4n) is 4.46. The van der Waals surface area contributed by atoms with Crippen molar-refractivity contribution in [1.82, 2.24) is 9.88 Å². The van der Waals surface area contributed by atoms with Crippen molar-refractivity contribution in [2.45, 2.75) is 37.8 Å². The number of aliphatic hydroxyl groups excluding tert-OH is 1. The van der Waals surface area contributed by atoms with E-state index in [4.69, 9.17) is 9.47 Å². The van der Waals surface area contributed by atoms with Gasteiger partial charge in [-0.3, -0.25) is 14.6 Å². The monoisotopic (exact) mass is 408 g/mol. The fraction of sp³-hybridized carbons (Fsp3) is 0.348. The molecule has 1 saturated heterocycles. The molecule has 1 aliphatic heterocycles. The van der Waals surface area contributed by atoms with Gasteiger partial charge in [-0.05, 0) is 37.1 Å². The van der Waals surface area contributed by atoms with E-state index in [9.17, 15) is 14.7 Å². The van der Waals surface area contributed by atoms with Crippen molar-refractivity contribution in [3.8, 4) is 11.5 Å². The summed E-state index contributed by atoms with van der Waals surface area (Å²) in [4.78, 5) is 32.2. The molecular weight excluding hydrogens is 384 g/mol. The number of hydrogen-bond donors (Lipinski definition) is 1. The van der Waals surface area contributed by atoms with E-state index in [-0.39, 0.29) is 22.9 Å². The summed E-state index contributed by atoms with van der Waals surface area (Å²) in [6.07, 6.45) is 5.28. The highest BCUT2D eigenvalue weighted by Gasteiger charge is 2.50.